The van der Waals surface area contributed by atoms with Crippen molar-refractivity contribution in [2.45, 2.75) is 32.8 Å². The SMILES string of the molecule is CCc1noc(C)c1C(=O)NCC(C)(O)c1ccco1. The molecule has 1 unspecified atom stereocenters. The first-order valence-corrected chi connectivity index (χ1v) is 6.45. The van der Waals surface area contributed by atoms with Gasteiger partial charge in [-0.05, 0) is 32.4 Å². The van der Waals surface area contributed by atoms with Crippen LogP contribution >= 0.6 is 0 Å². The number of carbonyl (C=O) groups is 1. The van der Waals surface area contributed by atoms with Crippen LogP contribution in [0.25, 0.3) is 0 Å². The molecule has 0 saturated carbocycles. The third-order valence-corrected chi connectivity index (χ3v) is 3.14. The van der Waals surface area contributed by atoms with Gasteiger partial charge in [-0.25, -0.2) is 0 Å². The lowest BCUT2D eigenvalue weighted by Gasteiger charge is -2.21. The van der Waals surface area contributed by atoms with Crippen LogP contribution < -0.4 is 5.32 Å². The van der Waals surface area contributed by atoms with E-state index in [0.717, 1.165) is 0 Å². The third kappa shape index (κ3) is 2.75. The van der Waals surface area contributed by atoms with Crippen molar-refractivity contribution in [1.29, 1.82) is 0 Å². The van der Waals surface area contributed by atoms with Gasteiger partial charge in [-0.3, -0.25) is 4.79 Å². The highest BCUT2D eigenvalue weighted by molar-refractivity contribution is 5.96. The van der Waals surface area contributed by atoms with Crippen LogP contribution in [0.4, 0.5) is 0 Å². The second-order valence-corrected chi connectivity index (χ2v) is 4.85. The maximum Gasteiger partial charge on any atom is 0.256 e. The Morgan fingerprint density at radius 2 is 2.30 bits per heavy atom. The average molecular weight is 278 g/mol. The minimum atomic E-state index is -1.27. The van der Waals surface area contributed by atoms with Gasteiger partial charge in [-0.1, -0.05) is 12.1 Å². The molecule has 1 atom stereocenters. The lowest BCUT2D eigenvalue weighted by molar-refractivity contribution is 0.0330. The lowest BCUT2D eigenvalue weighted by Crippen LogP contribution is -2.38. The molecule has 1 amide bonds. The van der Waals surface area contributed by atoms with Crippen molar-refractivity contribution < 1.29 is 18.8 Å². The first kappa shape index (κ1) is 14.3. The quantitative estimate of drug-likeness (QED) is 0.870. The molecule has 2 aromatic rings. The Labute approximate surface area is 116 Å². The molecule has 2 heterocycles. The zero-order valence-electron chi connectivity index (χ0n) is 11.8. The molecule has 6 nitrogen and oxygen atoms in total. The van der Waals surface area contributed by atoms with Gasteiger partial charge in [0.2, 0.25) is 0 Å². The number of nitrogens with one attached hydrogen (secondary N) is 1. The number of rotatable bonds is 5. The number of aryl methyl sites for hydroxylation is 2. The van der Waals surface area contributed by atoms with E-state index in [2.05, 4.69) is 10.5 Å². The Morgan fingerprint density at radius 3 is 2.90 bits per heavy atom. The van der Waals surface area contributed by atoms with E-state index < -0.39 is 5.60 Å². The van der Waals surface area contributed by atoms with E-state index in [0.29, 0.717) is 29.2 Å². The maximum absolute atomic E-state index is 12.2. The molecule has 0 bridgehead atoms. The Morgan fingerprint density at radius 1 is 1.55 bits per heavy atom. The summed E-state index contributed by atoms with van der Waals surface area (Å²) in [5.74, 6) is 0.556. The molecule has 0 spiro atoms. The standard InChI is InChI=1S/C14H18N2O4/c1-4-10-12(9(2)20-16-10)13(17)15-8-14(3,18)11-6-5-7-19-11/h5-7,18H,4,8H2,1-3H3,(H,15,17). The molecule has 0 aliphatic rings. The Hall–Kier alpha value is -2.08. The molecular formula is C14H18N2O4. The van der Waals surface area contributed by atoms with E-state index in [1.165, 1.54) is 6.26 Å². The molecule has 0 radical (unpaired) electrons. The van der Waals surface area contributed by atoms with Gasteiger partial charge in [0.1, 0.15) is 22.7 Å². The third-order valence-electron chi connectivity index (χ3n) is 3.14. The fourth-order valence-corrected chi connectivity index (χ4v) is 1.96. The number of aromatic nitrogens is 1. The summed E-state index contributed by atoms with van der Waals surface area (Å²) in [6, 6.07) is 3.35. The fourth-order valence-electron chi connectivity index (χ4n) is 1.96. The van der Waals surface area contributed by atoms with Crippen LogP contribution in [0.5, 0.6) is 0 Å². The van der Waals surface area contributed by atoms with Crippen LogP contribution in [0.1, 0.15) is 41.4 Å². The summed E-state index contributed by atoms with van der Waals surface area (Å²) in [5.41, 5.74) is -0.225. The molecule has 6 heteroatoms. The number of amides is 1. The predicted octanol–water partition coefficient (Wildman–Crippen LogP) is 1.78. The molecule has 2 rings (SSSR count). The first-order valence-electron chi connectivity index (χ1n) is 6.45. The van der Waals surface area contributed by atoms with Crippen LogP contribution in [0.3, 0.4) is 0 Å². The summed E-state index contributed by atoms with van der Waals surface area (Å²) in [6.45, 7) is 5.19. The molecule has 0 aromatic carbocycles. The highest BCUT2D eigenvalue weighted by atomic mass is 16.5. The first-order chi connectivity index (χ1) is 9.45. The molecule has 108 valence electrons. The second kappa shape index (κ2) is 5.50. The molecule has 2 N–H and O–H groups in total. The van der Waals surface area contributed by atoms with E-state index in [4.69, 9.17) is 8.94 Å². The number of furan rings is 1. The average Bonchev–Trinajstić information content (AvgIpc) is 3.05. The highest BCUT2D eigenvalue weighted by Crippen LogP contribution is 2.20. The van der Waals surface area contributed by atoms with Crippen molar-refractivity contribution in [2.24, 2.45) is 0 Å². The number of carbonyl (C=O) groups excluding carboxylic acids is 1. The topological polar surface area (TPSA) is 88.5 Å². The van der Waals surface area contributed by atoms with E-state index >= 15 is 0 Å². The Kier molecular flexibility index (Phi) is 3.94. The summed E-state index contributed by atoms with van der Waals surface area (Å²) in [5, 5.41) is 16.8. The Balaban J connectivity index is 2.07. The highest BCUT2D eigenvalue weighted by Gasteiger charge is 2.28. The van der Waals surface area contributed by atoms with Crippen LogP contribution in [0, 0.1) is 6.92 Å². The lowest BCUT2D eigenvalue weighted by atomic mass is 10.0. The molecule has 0 fully saturated rings. The zero-order chi connectivity index (χ0) is 14.8. The molecule has 20 heavy (non-hydrogen) atoms. The summed E-state index contributed by atoms with van der Waals surface area (Å²) in [4.78, 5) is 12.2. The van der Waals surface area contributed by atoms with Gasteiger partial charge < -0.3 is 19.4 Å². The molecule has 0 aliphatic carbocycles. The number of hydrogen-bond acceptors (Lipinski definition) is 5. The number of hydrogen-bond donors (Lipinski definition) is 2. The molecule has 2 aromatic heterocycles. The number of nitrogens with zero attached hydrogens (tertiary/aromatic N) is 1. The minimum Gasteiger partial charge on any atom is -0.466 e. The van der Waals surface area contributed by atoms with Crippen molar-refractivity contribution in [2.75, 3.05) is 6.54 Å². The molecule has 0 saturated heterocycles. The van der Waals surface area contributed by atoms with Crippen molar-refractivity contribution in [1.82, 2.24) is 10.5 Å². The van der Waals surface area contributed by atoms with Crippen LogP contribution in [-0.4, -0.2) is 22.7 Å². The van der Waals surface area contributed by atoms with Gasteiger partial charge in [0, 0.05) is 0 Å². The Bertz CT molecular complexity index is 584. The summed E-state index contributed by atoms with van der Waals surface area (Å²) in [6.07, 6.45) is 2.08. The van der Waals surface area contributed by atoms with Crippen LogP contribution in [0.15, 0.2) is 27.3 Å². The van der Waals surface area contributed by atoms with Gasteiger partial charge in [-0.2, -0.15) is 0 Å². The van der Waals surface area contributed by atoms with Gasteiger partial charge in [0.05, 0.1) is 18.5 Å². The van der Waals surface area contributed by atoms with Crippen molar-refractivity contribution in [3.8, 4) is 0 Å². The zero-order valence-corrected chi connectivity index (χ0v) is 11.8. The fraction of sp³-hybridized carbons (Fsp3) is 0.429. The maximum atomic E-state index is 12.2. The van der Waals surface area contributed by atoms with Crippen LogP contribution in [0.2, 0.25) is 0 Å². The van der Waals surface area contributed by atoms with Crippen molar-refractivity contribution in [3.05, 3.63) is 41.2 Å². The summed E-state index contributed by atoms with van der Waals surface area (Å²) < 4.78 is 10.2. The van der Waals surface area contributed by atoms with E-state index in [-0.39, 0.29) is 12.5 Å². The van der Waals surface area contributed by atoms with Gasteiger partial charge in [-0.15, -0.1) is 0 Å². The predicted molar refractivity (Wildman–Crippen MR) is 71.2 cm³/mol. The summed E-state index contributed by atoms with van der Waals surface area (Å²) >= 11 is 0. The smallest absolute Gasteiger partial charge is 0.256 e. The monoisotopic (exact) mass is 278 g/mol. The van der Waals surface area contributed by atoms with E-state index in [1.807, 2.05) is 6.92 Å². The largest absolute Gasteiger partial charge is 0.466 e. The molecule has 0 aliphatic heterocycles. The normalized spacial score (nSPS) is 14.0. The van der Waals surface area contributed by atoms with Gasteiger partial charge in [0.25, 0.3) is 5.91 Å². The van der Waals surface area contributed by atoms with E-state index in [1.54, 1.807) is 26.0 Å². The minimum absolute atomic E-state index is 0.0348. The second-order valence-electron chi connectivity index (χ2n) is 4.85. The van der Waals surface area contributed by atoms with Gasteiger partial charge >= 0.3 is 0 Å². The van der Waals surface area contributed by atoms with Crippen LogP contribution in [-0.2, 0) is 12.0 Å². The number of aliphatic hydroxyl groups is 1. The molecular weight excluding hydrogens is 260 g/mol. The summed E-state index contributed by atoms with van der Waals surface area (Å²) in [7, 11) is 0. The van der Waals surface area contributed by atoms with E-state index in [9.17, 15) is 9.90 Å². The van der Waals surface area contributed by atoms with Crippen molar-refractivity contribution >= 4 is 5.91 Å². The van der Waals surface area contributed by atoms with Crippen molar-refractivity contribution in [3.63, 3.8) is 0 Å². The van der Waals surface area contributed by atoms with Gasteiger partial charge in [0.15, 0.2) is 0 Å².